The maximum atomic E-state index is 5.84. The van der Waals surface area contributed by atoms with E-state index in [4.69, 9.17) is 18.9 Å². The quantitative estimate of drug-likeness (QED) is 0.707. The molecule has 0 atom stereocenters. The van der Waals surface area contributed by atoms with Crippen LogP contribution in [0.1, 0.15) is 11.1 Å². The summed E-state index contributed by atoms with van der Waals surface area (Å²) in [5.74, 6) is 0. The first-order chi connectivity index (χ1) is 15.7. The monoisotopic (exact) mass is 442 g/mol. The molecule has 0 amide bonds. The lowest BCUT2D eigenvalue weighted by Crippen LogP contribution is -2.33. The van der Waals surface area contributed by atoms with E-state index in [1.54, 1.807) is 0 Å². The zero-order valence-electron chi connectivity index (χ0n) is 19.6. The number of benzene rings is 2. The van der Waals surface area contributed by atoms with E-state index in [1.165, 1.54) is 22.5 Å². The lowest BCUT2D eigenvalue weighted by Gasteiger charge is -2.26. The molecule has 0 bridgehead atoms. The third kappa shape index (κ3) is 8.79. The summed E-state index contributed by atoms with van der Waals surface area (Å²) in [6, 6.07) is 17.2. The van der Waals surface area contributed by atoms with Crippen molar-refractivity contribution in [1.82, 2.24) is 0 Å². The number of anilines is 2. The Bertz CT molecular complexity index is 666. The van der Waals surface area contributed by atoms with E-state index in [2.05, 4.69) is 72.2 Å². The van der Waals surface area contributed by atoms with E-state index in [1.807, 2.05) is 0 Å². The molecule has 32 heavy (non-hydrogen) atoms. The average Bonchev–Trinajstić information content (AvgIpc) is 2.80. The Balaban J connectivity index is 1.50. The van der Waals surface area contributed by atoms with Gasteiger partial charge in [-0.2, -0.15) is 0 Å². The molecular formula is C26H38N2O4. The lowest BCUT2D eigenvalue weighted by molar-refractivity contribution is 0.0436. The van der Waals surface area contributed by atoms with Crippen molar-refractivity contribution in [1.29, 1.82) is 0 Å². The van der Waals surface area contributed by atoms with Crippen LogP contribution in [0.15, 0.2) is 48.5 Å². The molecule has 176 valence electrons. The van der Waals surface area contributed by atoms with Crippen LogP contribution < -0.4 is 9.80 Å². The first kappa shape index (κ1) is 24.5. The van der Waals surface area contributed by atoms with E-state index in [0.717, 1.165) is 26.2 Å². The second kappa shape index (κ2) is 14.1. The lowest BCUT2D eigenvalue weighted by atomic mass is 10.2. The summed E-state index contributed by atoms with van der Waals surface area (Å²) in [6.45, 7) is 12.6. The van der Waals surface area contributed by atoms with Gasteiger partial charge in [-0.25, -0.2) is 0 Å². The van der Waals surface area contributed by atoms with Crippen LogP contribution in [0.2, 0.25) is 0 Å². The second-order valence-corrected chi connectivity index (χ2v) is 8.09. The Labute approximate surface area is 193 Å². The number of aryl methyl sites for hydroxylation is 2. The molecule has 1 fully saturated rings. The smallest absolute Gasteiger partial charge is 0.0701 e. The van der Waals surface area contributed by atoms with E-state index in [0.29, 0.717) is 52.9 Å². The predicted molar refractivity (Wildman–Crippen MR) is 130 cm³/mol. The van der Waals surface area contributed by atoms with Crippen LogP contribution in [-0.4, -0.2) is 79.0 Å². The highest BCUT2D eigenvalue weighted by Gasteiger charge is 2.09. The minimum absolute atomic E-state index is 0.603. The summed E-state index contributed by atoms with van der Waals surface area (Å²) in [7, 11) is 0. The fourth-order valence-electron chi connectivity index (χ4n) is 3.59. The van der Waals surface area contributed by atoms with E-state index >= 15 is 0 Å². The SMILES string of the molecule is Cc1ccc(N2CCOCCOCCN(c3ccc(C)cc3)CCOCCOCC2)cc1. The van der Waals surface area contributed by atoms with Crippen LogP contribution in [0.5, 0.6) is 0 Å². The molecule has 1 saturated heterocycles. The Hall–Kier alpha value is -2.12. The van der Waals surface area contributed by atoms with Crippen molar-refractivity contribution < 1.29 is 18.9 Å². The van der Waals surface area contributed by atoms with Gasteiger partial charge in [0.1, 0.15) is 0 Å². The van der Waals surface area contributed by atoms with Crippen molar-refractivity contribution in [2.45, 2.75) is 13.8 Å². The summed E-state index contributed by atoms with van der Waals surface area (Å²) < 4.78 is 23.4. The average molecular weight is 443 g/mol. The minimum atomic E-state index is 0.603. The normalized spacial score (nSPS) is 18.7. The van der Waals surface area contributed by atoms with Gasteiger partial charge >= 0.3 is 0 Å². The molecule has 1 aliphatic heterocycles. The van der Waals surface area contributed by atoms with E-state index < -0.39 is 0 Å². The summed E-state index contributed by atoms with van der Waals surface area (Å²) >= 11 is 0. The standard InChI is InChI=1S/C26H38N2O4/c1-23-3-7-25(8-4-23)27-11-15-29-19-21-31-17-13-28(26-9-5-24(2)6-10-26)14-18-32-22-20-30-16-12-27/h3-10H,11-22H2,1-2H3. The molecule has 3 rings (SSSR count). The van der Waals surface area contributed by atoms with Gasteiger partial charge < -0.3 is 28.7 Å². The van der Waals surface area contributed by atoms with Crippen molar-refractivity contribution in [2.75, 3.05) is 88.8 Å². The van der Waals surface area contributed by atoms with Crippen LogP contribution in [0, 0.1) is 13.8 Å². The second-order valence-electron chi connectivity index (χ2n) is 8.09. The van der Waals surface area contributed by atoms with Crippen LogP contribution in [0.3, 0.4) is 0 Å². The Kier molecular flexibility index (Phi) is 10.8. The molecule has 0 unspecified atom stereocenters. The molecule has 0 aromatic heterocycles. The third-order valence-electron chi connectivity index (χ3n) is 5.56. The van der Waals surface area contributed by atoms with Crippen molar-refractivity contribution >= 4 is 11.4 Å². The molecule has 1 aliphatic rings. The number of ether oxygens (including phenoxy) is 4. The summed E-state index contributed by atoms with van der Waals surface area (Å²) in [4.78, 5) is 4.62. The Morgan fingerprint density at radius 2 is 0.719 bits per heavy atom. The van der Waals surface area contributed by atoms with Gasteiger partial charge in [0.05, 0.1) is 52.9 Å². The maximum absolute atomic E-state index is 5.84. The first-order valence-electron chi connectivity index (χ1n) is 11.7. The summed E-state index contributed by atoms with van der Waals surface area (Å²) in [5.41, 5.74) is 4.91. The van der Waals surface area contributed by atoms with Gasteiger partial charge in [0.15, 0.2) is 0 Å². The van der Waals surface area contributed by atoms with Gasteiger partial charge in [-0.1, -0.05) is 35.4 Å². The van der Waals surface area contributed by atoms with E-state index in [-0.39, 0.29) is 0 Å². The summed E-state index contributed by atoms with van der Waals surface area (Å²) in [5, 5.41) is 0. The first-order valence-corrected chi connectivity index (χ1v) is 11.7. The molecule has 6 nitrogen and oxygen atoms in total. The molecule has 0 saturated carbocycles. The zero-order chi connectivity index (χ0) is 22.4. The van der Waals surface area contributed by atoms with Gasteiger partial charge in [-0.3, -0.25) is 0 Å². The van der Waals surface area contributed by atoms with Crippen molar-refractivity contribution in [3.8, 4) is 0 Å². The molecular weight excluding hydrogens is 404 g/mol. The molecule has 2 aromatic carbocycles. The highest BCUT2D eigenvalue weighted by atomic mass is 16.5. The number of rotatable bonds is 2. The van der Waals surface area contributed by atoms with E-state index in [9.17, 15) is 0 Å². The highest BCUT2D eigenvalue weighted by Crippen LogP contribution is 2.16. The molecule has 6 heteroatoms. The third-order valence-corrected chi connectivity index (χ3v) is 5.56. The molecule has 2 aromatic rings. The van der Waals surface area contributed by atoms with Gasteiger partial charge in [0.25, 0.3) is 0 Å². The molecule has 1 heterocycles. The van der Waals surface area contributed by atoms with Crippen molar-refractivity contribution in [3.63, 3.8) is 0 Å². The van der Waals surface area contributed by atoms with Gasteiger partial charge in [-0.15, -0.1) is 0 Å². The van der Waals surface area contributed by atoms with Crippen LogP contribution in [-0.2, 0) is 18.9 Å². The largest absolute Gasteiger partial charge is 0.377 e. The van der Waals surface area contributed by atoms with Crippen LogP contribution in [0.25, 0.3) is 0 Å². The highest BCUT2D eigenvalue weighted by molar-refractivity contribution is 5.48. The topological polar surface area (TPSA) is 43.4 Å². The Morgan fingerprint density at radius 1 is 0.438 bits per heavy atom. The van der Waals surface area contributed by atoms with Gasteiger partial charge in [-0.05, 0) is 38.1 Å². The zero-order valence-corrected chi connectivity index (χ0v) is 19.6. The number of hydrogen-bond donors (Lipinski definition) is 0. The van der Waals surface area contributed by atoms with Gasteiger partial charge in [0, 0.05) is 37.6 Å². The number of nitrogens with zero attached hydrogens (tertiary/aromatic N) is 2. The Morgan fingerprint density at radius 3 is 1.00 bits per heavy atom. The summed E-state index contributed by atoms with van der Waals surface area (Å²) in [6.07, 6.45) is 0. The van der Waals surface area contributed by atoms with Crippen LogP contribution in [0.4, 0.5) is 11.4 Å². The van der Waals surface area contributed by atoms with Gasteiger partial charge in [0.2, 0.25) is 0 Å². The fraction of sp³-hybridized carbons (Fsp3) is 0.538. The van der Waals surface area contributed by atoms with Crippen LogP contribution >= 0.6 is 0 Å². The van der Waals surface area contributed by atoms with Crippen molar-refractivity contribution in [3.05, 3.63) is 59.7 Å². The molecule has 0 radical (unpaired) electrons. The fourth-order valence-corrected chi connectivity index (χ4v) is 3.59. The maximum Gasteiger partial charge on any atom is 0.0701 e. The molecule has 0 N–H and O–H groups in total. The molecule has 0 spiro atoms. The minimum Gasteiger partial charge on any atom is -0.377 e. The predicted octanol–water partition coefficient (Wildman–Crippen LogP) is 3.70. The number of hydrogen-bond acceptors (Lipinski definition) is 6. The molecule has 0 aliphatic carbocycles. The van der Waals surface area contributed by atoms with Crippen molar-refractivity contribution in [2.24, 2.45) is 0 Å².